The van der Waals surface area contributed by atoms with Crippen LogP contribution in [0.4, 0.5) is 0 Å². The Balaban J connectivity index is 0.00000182. The third-order valence-corrected chi connectivity index (χ3v) is 7.58. The standard InChI is InChI=1S/C11H16N6O5S3.Na.H/c12-25(21,22)2-1-17-10(13-14-15-17)24-6-11(9(19)20)4-16-7(18)3-8(16)23-5-11;;/h8H,1-6H2,(H,19,20)(H2,12,21,22);;/q;+1;-1/t8-,11?;;/m1../s1. The van der Waals surface area contributed by atoms with Gasteiger partial charge in [0.25, 0.3) is 0 Å². The van der Waals surface area contributed by atoms with Gasteiger partial charge in [0, 0.05) is 18.1 Å². The maximum absolute atomic E-state index is 11.8. The van der Waals surface area contributed by atoms with E-state index in [4.69, 9.17) is 5.14 Å². The van der Waals surface area contributed by atoms with E-state index in [0.717, 1.165) is 11.8 Å². The van der Waals surface area contributed by atoms with Gasteiger partial charge in [-0.05, 0) is 10.4 Å². The van der Waals surface area contributed by atoms with Crippen molar-refractivity contribution in [1.29, 1.82) is 0 Å². The molecular formula is C11H17N6NaO5S3. The summed E-state index contributed by atoms with van der Waals surface area (Å²) in [6.45, 7) is 0.139. The number of carbonyl (C=O) groups excluding carboxylic acids is 1. The Morgan fingerprint density at radius 2 is 2.27 bits per heavy atom. The first-order valence-electron chi connectivity index (χ1n) is 7.24. The molecule has 1 amide bonds. The van der Waals surface area contributed by atoms with Crippen molar-refractivity contribution in [2.75, 3.05) is 23.8 Å². The molecule has 1 aromatic heterocycles. The largest absolute Gasteiger partial charge is 1.00 e. The molecule has 2 aliphatic rings. The second-order valence-corrected chi connectivity index (χ2v) is 9.76. The molecule has 140 valence electrons. The Morgan fingerprint density at radius 3 is 2.88 bits per heavy atom. The van der Waals surface area contributed by atoms with Crippen molar-refractivity contribution in [3.63, 3.8) is 0 Å². The zero-order valence-corrected chi connectivity index (χ0v) is 18.4. The Bertz CT molecular complexity index is 810. The number of nitrogens with two attached hydrogens (primary N) is 1. The van der Waals surface area contributed by atoms with Crippen molar-refractivity contribution in [2.24, 2.45) is 10.6 Å². The number of fused-ring (bicyclic) bond motifs is 1. The molecule has 11 nitrogen and oxygen atoms in total. The molecule has 26 heavy (non-hydrogen) atoms. The van der Waals surface area contributed by atoms with Gasteiger partial charge < -0.3 is 11.4 Å². The number of aliphatic carboxylic acids is 1. The van der Waals surface area contributed by atoms with Gasteiger partial charge in [-0.2, -0.15) is 0 Å². The first kappa shape index (κ1) is 21.9. The summed E-state index contributed by atoms with van der Waals surface area (Å²) in [5.41, 5.74) is -1.10. The average Bonchev–Trinajstić information content (AvgIpc) is 2.97. The van der Waals surface area contributed by atoms with Crippen LogP contribution in [0.15, 0.2) is 5.16 Å². The Kier molecular flexibility index (Phi) is 7.02. The monoisotopic (exact) mass is 432 g/mol. The zero-order valence-electron chi connectivity index (χ0n) is 14.9. The van der Waals surface area contributed by atoms with Gasteiger partial charge >= 0.3 is 35.5 Å². The molecule has 2 saturated heterocycles. The van der Waals surface area contributed by atoms with Gasteiger partial charge in [-0.15, -0.1) is 16.9 Å². The van der Waals surface area contributed by atoms with Crippen molar-refractivity contribution < 1.29 is 54.1 Å². The van der Waals surface area contributed by atoms with Gasteiger partial charge in [-0.3, -0.25) is 9.59 Å². The summed E-state index contributed by atoms with van der Waals surface area (Å²) < 4.78 is 23.4. The molecule has 0 bridgehead atoms. The van der Waals surface area contributed by atoms with Gasteiger partial charge in [-0.1, -0.05) is 11.8 Å². The van der Waals surface area contributed by atoms with Crippen LogP contribution in [0.3, 0.4) is 0 Å². The van der Waals surface area contributed by atoms with Crippen molar-refractivity contribution in [1.82, 2.24) is 25.1 Å². The second-order valence-electron chi connectivity index (χ2n) is 5.92. The Labute approximate surface area is 181 Å². The molecule has 0 aliphatic carbocycles. The predicted molar refractivity (Wildman–Crippen MR) is 90.3 cm³/mol. The smallest absolute Gasteiger partial charge is 1.00 e. The maximum atomic E-state index is 11.8. The first-order valence-corrected chi connectivity index (χ1v) is 11.0. The van der Waals surface area contributed by atoms with Crippen LogP contribution in [-0.4, -0.2) is 79.7 Å². The molecule has 2 fully saturated rings. The SMILES string of the molecule is NS(=O)(=O)CCn1nnnc1SCC1(C(=O)O)CS[C@@H]2CC(=O)N2C1.[H-].[Na+]. The number of rotatable bonds is 7. The predicted octanol–water partition coefficient (Wildman–Crippen LogP) is -4.45. The minimum atomic E-state index is -3.66. The quantitative estimate of drug-likeness (QED) is 0.244. The van der Waals surface area contributed by atoms with Crippen molar-refractivity contribution in [3.05, 3.63) is 0 Å². The minimum Gasteiger partial charge on any atom is -1.00 e. The summed E-state index contributed by atoms with van der Waals surface area (Å²) in [6.07, 6.45) is 0.458. The van der Waals surface area contributed by atoms with Crippen LogP contribution in [0, 0.1) is 5.41 Å². The molecule has 0 aromatic carbocycles. The van der Waals surface area contributed by atoms with E-state index in [1.54, 1.807) is 4.90 Å². The normalized spacial score (nSPS) is 25.2. The van der Waals surface area contributed by atoms with E-state index >= 15 is 0 Å². The molecule has 3 heterocycles. The number of primary sulfonamides is 1. The molecular weight excluding hydrogens is 415 g/mol. The van der Waals surface area contributed by atoms with E-state index < -0.39 is 21.4 Å². The fourth-order valence-corrected chi connectivity index (χ4v) is 5.64. The van der Waals surface area contributed by atoms with Crippen LogP contribution >= 0.6 is 23.5 Å². The van der Waals surface area contributed by atoms with E-state index in [1.807, 2.05) is 0 Å². The number of tetrazole rings is 1. The molecule has 1 unspecified atom stereocenters. The molecule has 1 aromatic rings. The summed E-state index contributed by atoms with van der Waals surface area (Å²) in [4.78, 5) is 25.1. The second kappa shape index (κ2) is 8.32. The van der Waals surface area contributed by atoms with Gasteiger partial charge in [0.1, 0.15) is 5.41 Å². The number of hydrogen-bond acceptors (Lipinski definition) is 9. The first-order chi connectivity index (χ1) is 11.7. The number of carboxylic acids is 1. The Hall–Kier alpha value is -0.380. The fourth-order valence-electron chi connectivity index (χ4n) is 2.53. The third kappa shape index (κ3) is 4.72. The number of carboxylic acid groups (broad SMARTS) is 1. The number of amides is 1. The number of aromatic nitrogens is 4. The van der Waals surface area contributed by atoms with Crippen molar-refractivity contribution >= 4 is 45.4 Å². The molecule has 3 N–H and O–H groups in total. The molecule has 15 heteroatoms. The van der Waals surface area contributed by atoms with Crippen molar-refractivity contribution in [2.45, 2.75) is 23.5 Å². The Morgan fingerprint density at radius 1 is 1.54 bits per heavy atom. The average molecular weight is 432 g/mol. The number of β-lactam (4-membered cyclic amide) rings is 1. The number of hydrogen-bond donors (Lipinski definition) is 2. The molecule has 0 spiro atoms. The van der Waals surface area contributed by atoms with Crippen molar-refractivity contribution in [3.8, 4) is 0 Å². The van der Waals surface area contributed by atoms with Crippen LogP contribution in [0.25, 0.3) is 0 Å². The van der Waals surface area contributed by atoms with E-state index in [-0.39, 0.29) is 66.9 Å². The summed E-state index contributed by atoms with van der Waals surface area (Å²) >= 11 is 2.59. The fraction of sp³-hybridized carbons (Fsp3) is 0.727. The summed E-state index contributed by atoms with van der Waals surface area (Å²) in [7, 11) is -3.66. The molecule has 2 atom stereocenters. The molecule has 0 saturated carbocycles. The van der Waals surface area contributed by atoms with Crippen LogP contribution in [0.1, 0.15) is 7.85 Å². The van der Waals surface area contributed by atoms with Gasteiger partial charge in [0.2, 0.25) is 21.1 Å². The number of thioether (sulfide) groups is 2. The summed E-state index contributed by atoms with van der Waals surface area (Å²) in [5, 5.41) is 26.0. The van der Waals surface area contributed by atoms with E-state index in [0.29, 0.717) is 17.3 Å². The van der Waals surface area contributed by atoms with Gasteiger partial charge in [-0.25, -0.2) is 18.2 Å². The minimum absolute atomic E-state index is 0. The number of sulfonamides is 1. The topological polar surface area (TPSA) is 161 Å². The van der Waals surface area contributed by atoms with Gasteiger partial charge in [0.05, 0.1) is 24.1 Å². The number of carbonyl (C=O) groups is 2. The zero-order chi connectivity index (χ0) is 18.2. The molecule has 0 radical (unpaired) electrons. The summed E-state index contributed by atoms with van der Waals surface area (Å²) in [6, 6.07) is 0. The molecule has 2 aliphatic heterocycles. The van der Waals surface area contributed by atoms with Crippen LogP contribution in [0.5, 0.6) is 0 Å². The van der Waals surface area contributed by atoms with Crippen LogP contribution in [0.2, 0.25) is 0 Å². The van der Waals surface area contributed by atoms with Crippen LogP contribution in [-0.2, 0) is 26.2 Å². The maximum Gasteiger partial charge on any atom is 1.00 e. The number of aryl methyl sites for hydroxylation is 1. The third-order valence-electron chi connectivity index (χ3n) is 4.06. The van der Waals surface area contributed by atoms with Crippen LogP contribution < -0.4 is 34.7 Å². The van der Waals surface area contributed by atoms with E-state index in [1.165, 1.54) is 16.4 Å². The summed E-state index contributed by atoms with van der Waals surface area (Å²) in [5.74, 6) is -0.778. The van der Waals surface area contributed by atoms with E-state index in [9.17, 15) is 23.1 Å². The molecule has 3 rings (SSSR count). The van der Waals surface area contributed by atoms with E-state index in [2.05, 4.69) is 15.5 Å². The van der Waals surface area contributed by atoms with Gasteiger partial charge in [0.15, 0.2) is 0 Å². The number of nitrogens with zero attached hydrogens (tertiary/aromatic N) is 5.